The van der Waals surface area contributed by atoms with Crippen LogP contribution < -0.4 is 5.32 Å². The number of carbonyl (C=O) groups is 2. The second-order valence-electron chi connectivity index (χ2n) is 4.82. The first kappa shape index (κ1) is 13.1. The predicted molar refractivity (Wildman–Crippen MR) is 82.3 cm³/mol. The van der Waals surface area contributed by atoms with Gasteiger partial charge in [0.05, 0.1) is 5.56 Å². The molecule has 0 bridgehead atoms. The normalized spacial score (nSPS) is 10.5. The zero-order valence-corrected chi connectivity index (χ0v) is 11.5. The number of ketones is 1. The van der Waals surface area contributed by atoms with Gasteiger partial charge in [-0.05, 0) is 18.2 Å². The van der Waals surface area contributed by atoms with E-state index in [-0.39, 0.29) is 0 Å². The monoisotopic (exact) mass is 278 g/mol. The molecule has 0 aliphatic rings. The number of benzene rings is 2. The molecule has 0 radical (unpaired) electrons. The Labute approximate surface area is 122 Å². The van der Waals surface area contributed by atoms with Gasteiger partial charge in [-0.1, -0.05) is 36.4 Å². The number of rotatable bonds is 3. The van der Waals surface area contributed by atoms with Gasteiger partial charge in [0.15, 0.2) is 0 Å². The van der Waals surface area contributed by atoms with Crippen LogP contribution in [0.1, 0.15) is 10.4 Å². The summed E-state index contributed by atoms with van der Waals surface area (Å²) in [6, 6.07) is 16.5. The molecule has 2 aromatic carbocycles. The van der Waals surface area contributed by atoms with Crippen LogP contribution in [0.25, 0.3) is 10.9 Å². The standard InChI is InChI=1S/C17H14N2O2/c1-19-11-14(13-9-5-6-10-15(13)19)16(20)17(21)18-12-7-3-2-4-8-12/h2-11H,1H3,(H,18,21). The Bertz CT molecular complexity index is 819. The van der Waals surface area contributed by atoms with Crippen molar-refractivity contribution in [1.82, 2.24) is 4.57 Å². The van der Waals surface area contributed by atoms with E-state index in [4.69, 9.17) is 0 Å². The first-order chi connectivity index (χ1) is 10.2. The highest BCUT2D eigenvalue weighted by Crippen LogP contribution is 2.21. The zero-order chi connectivity index (χ0) is 14.8. The zero-order valence-electron chi connectivity index (χ0n) is 11.5. The smallest absolute Gasteiger partial charge is 0.296 e. The largest absolute Gasteiger partial charge is 0.350 e. The lowest BCUT2D eigenvalue weighted by Gasteiger charge is -2.03. The molecule has 1 N–H and O–H groups in total. The second-order valence-corrected chi connectivity index (χ2v) is 4.82. The minimum atomic E-state index is -0.627. The van der Waals surface area contributed by atoms with Crippen LogP contribution >= 0.6 is 0 Å². The van der Waals surface area contributed by atoms with Crippen molar-refractivity contribution in [3.8, 4) is 0 Å². The molecule has 0 atom stereocenters. The highest BCUT2D eigenvalue weighted by molar-refractivity contribution is 6.48. The molecule has 0 fully saturated rings. The van der Waals surface area contributed by atoms with Gasteiger partial charge in [-0.25, -0.2) is 0 Å². The fraction of sp³-hybridized carbons (Fsp3) is 0.0588. The second kappa shape index (κ2) is 5.25. The number of amides is 1. The Morgan fingerprint density at radius 1 is 0.952 bits per heavy atom. The van der Waals surface area contributed by atoms with Gasteiger partial charge in [0, 0.05) is 29.8 Å². The van der Waals surface area contributed by atoms with Gasteiger partial charge in [-0.2, -0.15) is 0 Å². The maximum Gasteiger partial charge on any atom is 0.296 e. The van der Waals surface area contributed by atoms with Crippen LogP contribution in [0, 0.1) is 0 Å². The van der Waals surface area contributed by atoms with E-state index >= 15 is 0 Å². The van der Waals surface area contributed by atoms with Crippen molar-refractivity contribution < 1.29 is 9.59 Å². The summed E-state index contributed by atoms with van der Waals surface area (Å²) >= 11 is 0. The van der Waals surface area contributed by atoms with Gasteiger partial charge in [0.1, 0.15) is 0 Å². The van der Waals surface area contributed by atoms with Gasteiger partial charge in [0.25, 0.3) is 11.7 Å². The lowest BCUT2D eigenvalue weighted by molar-refractivity contribution is -0.112. The number of fused-ring (bicyclic) bond motifs is 1. The van der Waals surface area contributed by atoms with Crippen LogP contribution in [0.3, 0.4) is 0 Å². The number of nitrogens with one attached hydrogen (secondary N) is 1. The molecule has 3 aromatic rings. The summed E-state index contributed by atoms with van der Waals surface area (Å²) < 4.78 is 1.85. The molecule has 1 aromatic heterocycles. The number of aromatic nitrogens is 1. The van der Waals surface area contributed by atoms with E-state index in [9.17, 15) is 9.59 Å². The number of nitrogens with zero attached hydrogens (tertiary/aromatic N) is 1. The fourth-order valence-electron chi connectivity index (χ4n) is 2.35. The summed E-state index contributed by atoms with van der Waals surface area (Å²) in [6.07, 6.45) is 1.69. The van der Waals surface area contributed by atoms with Gasteiger partial charge in [-0.3, -0.25) is 9.59 Å². The quantitative estimate of drug-likeness (QED) is 0.591. The third-order valence-electron chi connectivity index (χ3n) is 3.38. The van der Waals surface area contributed by atoms with Crippen molar-refractivity contribution in [1.29, 1.82) is 0 Å². The molecule has 0 saturated heterocycles. The lowest BCUT2D eigenvalue weighted by atomic mass is 10.1. The molecule has 3 rings (SSSR count). The van der Waals surface area contributed by atoms with Crippen molar-refractivity contribution in [2.75, 3.05) is 5.32 Å². The number of para-hydroxylation sites is 2. The maximum atomic E-state index is 12.4. The summed E-state index contributed by atoms with van der Waals surface area (Å²) in [6.45, 7) is 0. The van der Waals surface area contributed by atoms with Crippen molar-refractivity contribution in [2.24, 2.45) is 7.05 Å². The van der Waals surface area contributed by atoms with E-state index in [1.165, 1.54) is 0 Å². The number of hydrogen-bond donors (Lipinski definition) is 1. The minimum absolute atomic E-state index is 0.418. The highest BCUT2D eigenvalue weighted by Gasteiger charge is 2.20. The topological polar surface area (TPSA) is 51.1 Å². The maximum absolute atomic E-state index is 12.4. The Balaban J connectivity index is 1.92. The van der Waals surface area contributed by atoms with Gasteiger partial charge in [0.2, 0.25) is 0 Å². The molecule has 4 nitrogen and oxygen atoms in total. The van der Waals surface area contributed by atoms with E-state index in [0.29, 0.717) is 11.3 Å². The summed E-state index contributed by atoms with van der Waals surface area (Å²) in [5.41, 5.74) is 1.95. The Morgan fingerprint density at radius 3 is 2.38 bits per heavy atom. The highest BCUT2D eigenvalue weighted by atomic mass is 16.2. The first-order valence-corrected chi connectivity index (χ1v) is 6.61. The number of Topliss-reactive ketones (excluding diaryl/α,β-unsaturated/α-hetero) is 1. The van der Waals surface area contributed by atoms with Crippen LogP contribution in [-0.4, -0.2) is 16.3 Å². The molecule has 0 saturated carbocycles. The van der Waals surface area contributed by atoms with Crippen molar-refractivity contribution in [2.45, 2.75) is 0 Å². The van der Waals surface area contributed by atoms with Crippen LogP contribution in [-0.2, 0) is 11.8 Å². The van der Waals surface area contributed by atoms with Gasteiger partial charge in [-0.15, -0.1) is 0 Å². The molecular formula is C17H14N2O2. The van der Waals surface area contributed by atoms with E-state index in [2.05, 4.69) is 5.32 Å². The molecule has 0 aliphatic carbocycles. The third-order valence-corrected chi connectivity index (χ3v) is 3.38. The summed E-state index contributed by atoms with van der Waals surface area (Å²) in [4.78, 5) is 24.4. The number of carbonyl (C=O) groups excluding carboxylic acids is 2. The van der Waals surface area contributed by atoms with Gasteiger partial charge >= 0.3 is 0 Å². The van der Waals surface area contributed by atoms with Crippen LogP contribution in [0.5, 0.6) is 0 Å². The average Bonchev–Trinajstić information content (AvgIpc) is 2.85. The summed E-state index contributed by atoms with van der Waals surface area (Å²) in [5, 5.41) is 3.40. The third kappa shape index (κ3) is 2.43. The van der Waals surface area contributed by atoms with Crippen molar-refractivity contribution in [3.63, 3.8) is 0 Å². The Hall–Kier alpha value is -2.88. The van der Waals surface area contributed by atoms with Crippen LogP contribution in [0.4, 0.5) is 5.69 Å². The SMILES string of the molecule is Cn1cc(C(=O)C(=O)Nc2ccccc2)c2ccccc21. The van der Waals surface area contributed by atoms with E-state index in [1.807, 2.05) is 41.9 Å². The Morgan fingerprint density at radius 2 is 1.62 bits per heavy atom. The van der Waals surface area contributed by atoms with E-state index in [1.54, 1.807) is 30.5 Å². The molecule has 0 aliphatic heterocycles. The van der Waals surface area contributed by atoms with E-state index in [0.717, 1.165) is 10.9 Å². The molecule has 0 unspecified atom stereocenters. The van der Waals surface area contributed by atoms with Crippen molar-refractivity contribution in [3.05, 3.63) is 66.4 Å². The summed E-state index contributed by atoms with van der Waals surface area (Å²) in [7, 11) is 1.86. The van der Waals surface area contributed by atoms with Crippen LogP contribution in [0.15, 0.2) is 60.8 Å². The Kier molecular flexibility index (Phi) is 3.28. The number of hydrogen-bond acceptors (Lipinski definition) is 2. The molecule has 104 valence electrons. The lowest BCUT2D eigenvalue weighted by Crippen LogP contribution is -2.22. The molecule has 4 heteroatoms. The molecule has 0 spiro atoms. The van der Waals surface area contributed by atoms with E-state index < -0.39 is 11.7 Å². The predicted octanol–water partition coefficient (Wildman–Crippen LogP) is 3.00. The minimum Gasteiger partial charge on any atom is -0.350 e. The molecule has 1 amide bonds. The molecule has 21 heavy (non-hydrogen) atoms. The first-order valence-electron chi connectivity index (χ1n) is 6.61. The average molecular weight is 278 g/mol. The van der Waals surface area contributed by atoms with Gasteiger partial charge < -0.3 is 9.88 Å². The number of aryl methyl sites for hydroxylation is 1. The molecule has 1 heterocycles. The van der Waals surface area contributed by atoms with Crippen molar-refractivity contribution >= 4 is 28.3 Å². The van der Waals surface area contributed by atoms with Crippen LogP contribution in [0.2, 0.25) is 0 Å². The summed E-state index contributed by atoms with van der Waals surface area (Å²) in [5.74, 6) is -1.16. The number of anilines is 1. The fourth-order valence-corrected chi connectivity index (χ4v) is 2.35. The molecular weight excluding hydrogens is 264 g/mol.